The molecule has 0 aliphatic heterocycles. The molecule has 10 nitrogen and oxygen atoms in total. The van der Waals surface area contributed by atoms with Crippen molar-refractivity contribution in [2.24, 2.45) is 0 Å². The van der Waals surface area contributed by atoms with Gasteiger partial charge in [-0.15, -0.1) is 10.2 Å². The highest BCUT2D eigenvalue weighted by Gasteiger charge is 2.39. The summed E-state index contributed by atoms with van der Waals surface area (Å²) in [6.07, 6.45) is -2.24. The molecule has 2 heterocycles. The summed E-state index contributed by atoms with van der Waals surface area (Å²) in [6.45, 7) is -1.31. The van der Waals surface area contributed by atoms with E-state index in [0.29, 0.717) is 21.8 Å². The SMILES string of the molecule is CN(C(=O)c1ccccc1-n1cnc(Cn2nc(-c3ccc(Cl)cc3)n(C[C@H](O)C(F)(F)F)c2=O)n1)C1CCCC1. The van der Waals surface area contributed by atoms with Crippen molar-refractivity contribution in [2.45, 2.75) is 57.1 Å². The summed E-state index contributed by atoms with van der Waals surface area (Å²) in [5, 5.41) is 18.7. The largest absolute Gasteiger partial charge is 0.416 e. The summed E-state index contributed by atoms with van der Waals surface area (Å²) in [7, 11) is 1.79. The lowest BCUT2D eigenvalue weighted by atomic mass is 10.1. The van der Waals surface area contributed by atoms with Gasteiger partial charge in [0.15, 0.2) is 17.8 Å². The fourth-order valence-corrected chi connectivity index (χ4v) is 5.04. The summed E-state index contributed by atoms with van der Waals surface area (Å²) in [4.78, 5) is 32.5. The molecule has 1 aliphatic rings. The molecule has 216 valence electrons. The van der Waals surface area contributed by atoms with E-state index in [1.807, 2.05) is 0 Å². The van der Waals surface area contributed by atoms with Crippen LogP contribution >= 0.6 is 11.6 Å². The van der Waals surface area contributed by atoms with Crippen LogP contribution in [-0.4, -0.2) is 70.4 Å². The van der Waals surface area contributed by atoms with E-state index in [2.05, 4.69) is 15.2 Å². The van der Waals surface area contributed by atoms with Gasteiger partial charge in [0.2, 0.25) is 0 Å². The first kappa shape index (κ1) is 28.6. The molecule has 0 bridgehead atoms. The Labute approximate surface area is 237 Å². The van der Waals surface area contributed by atoms with E-state index in [0.717, 1.165) is 34.9 Å². The molecule has 0 saturated heterocycles. The molecule has 1 amide bonds. The average molecular weight is 590 g/mol. The molecule has 0 spiro atoms. The maximum absolute atomic E-state index is 13.3. The van der Waals surface area contributed by atoms with Crippen molar-refractivity contribution in [1.82, 2.24) is 34.0 Å². The maximum Gasteiger partial charge on any atom is 0.416 e. The number of alkyl halides is 3. The van der Waals surface area contributed by atoms with E-state index in [4.69, 9.17) is 11.6 Å². The van der Waals surface area contributed by atoms with Crippen molar-refractivity contribution in [1.29, 1.82) is 0 Å². The lowest BCUT2D eigenvalue weighted by molar-refractivity contribution is -0.207. The van der Waals surface area contributed by atoms with Crippen LogP contribution in [0.5, 0.6) is 0 Å². The van der Waals surface area contributed by atoms with Crippen molar-refractivity contribution in [2.75, 3.05) is 7.05 Å². The number of aromatic nitrogens is 6. The Morgan fingerprint density at radius 2 is 1.80 bits per heavy atom. The first-order valence-corrected chi connectivity index (χ1v) is 13.4. The molecule has 1 atom stereocenters. The van der Waals surface area contributed by atoms with Crippen molar-refractivity contribution in [3.8, 4) is 17.1 Å². The monoisotopic (exact) mass is 589 g/mol. The number of rotatable bonds is 8. The van der Waals surface area contributed by atoms with Crippen LogP contribution < -0.4 is 5.69 Å². The molecule has 1 saturated carbocycles. The van der Waals surface area contributed by atoms with Crippen LogP contribution in [0.15, 0.2) is 59.7 Å². The van der Waals surface area contributed by atoms with Gasteiger partial charge in [-0.2, -0.15) is 13.2 Å². The number of carbonyl (C=O) groups is 1. The maximum atomic E-state index is 13.3. The van der Waals surface area contributed by atoms with Gasteiger partial charge in [0.1, 0.15) is 12.9 Å². The molecule has 2 aromatic carbocycles. The Morgan fingerprint density at radius 1 is 1.12 bits per heavy atom. The Morgan fingerprint density at radius 3 is 2.49 bits per heavy atom. The summed E-state index contributed by atoms with van der Waals surface area (Å²) < 4.78 is 42.5. The van der Waals surface area contributed by atoms with Gasteiger partial charge in [-0.05, 0) is 49.2 Å². The van der Waals surface area contributed by atoms with Crippen LogP contribution in [-0.2, 0) is 13.1 Å². The van der Waals surface area contributed by atoms with E-state index in [9.17, 15) is 27.9 Å². The normalized spacial score (nSPS) is 14.9. The fraction of sp³-hybridized carbons (Fsp3) is 0.370. The molecule has 14 heteroatoms. The van der Waals surface area contributed by atoms with Gasteiger partial charge in [0.05, 0.1) is 17.8 Å². The van der Waals surface area contributed by atoms with Gasteiger partial charge in [0.25, 0.3) is 5.91 Å². The summed E-state index contributed by atoms with van der Waals surface area (Å²) in [5.74, 6) is -0.0854. The van der Waals surface area contributed by atoms with Crippen molar-refractivity contribution in [3.63, 3.8) is 0 Å². The fourth-order valence-electron chi connectivity index (χ4n) is 4.92. The highest BCUT2D eigenvalue weighted by molar-refractivity contribution is 6.30. The zero-order valence-corrected chi connectivity index (χ0v) is 22.8. The van der Waals surface area contributed by atoms with Gasteiger partial charge in [-0.1, -0.05) is 36.6 Å². The van der Waals surface area contributed by atoms with Gasteiger partial charge in [0, 0.05) is 23.7 Å². The molecule has 0 unspecified atom stereocenters. The highest BCUT2D eigenvalue weighted by atomic mass is 35.5. The minimum absolute atomic E-state index is 0.0831. The molecular formula is C27H27ClF3N7O3. The second-order valence-electron chi connectivity index (χ2n) is 9.92. The van der Waals surface area contributed by atoms with Crippen LogP contribution in [0, 0.1) is 0 Å². The van der Waals surface area contributed by atoms with Gasteiger partial charge < -0.3 is 10.0 Å². The average Bonchev–Trinajstić information content (AvgIpc) is 3.71. The summed E-state index contributed by atoms with van der Waals surface area (Å²) in [5.41, 5.74) is 0.375. The quantitative estimate of drug-likeness (QED) is 0.333. The number of hydrogen-bond donors (Lipinski definition) is 1. The van der Waals surface area contributed by atoms with Crippen molar-refractivity contribution < 1.29 is 23.1 Å². The molecular weight excluding hydrogens is 563 g/mol. The Bertz CT molecular complexity index is 1590. The van der Waals surface area contributed by atoms with Crippen molar-refractivity contribution in [3.05, 3.63) is 81.8 Å². The molecule has 1 aliphatic carbocycles. The van der Waals surface area contributed by atoms with E-state index < -0.39 is 24.5 Å². The Kier molecular flexibility index (Phi) is 8.00. The lowest BCUT2D eigenvalue weighted by Crippen LogP contribution is -2.37. The standard InChI is InChI=1S/C27H27ClF3N7O3/c1-35(19-6-2-3-7-19)25(40)20-8-4-5-9-21(20)38-16-32-23(33-38)15-37-26(41)36(14-22(39)27(29,30)31)24(34-37)17-10-12-18(28)13-11-17/h4-5,8-13,16,19,22,39H,2-3,6-7,14-15H2,1H3/t22-/m0/s1. The van der Waals surface area contributed by atoms with Gasteiger partial charge in [-0.3, -0.25) is 9.36 Å². The number of hydrogen-bond acceptors (Lipinski definition) is 6. The molecule has 0 radical (unpaired) electrons. The van der Waals surface area contributed by atoms with Crippen molar-refractivity contribution >= 4 is 17.5 Å². The Balaban J connectivity index is 1.45. The van der Waals surface area contributed by atoms with Gasteiger partial charge in [-0.25, -0.2) is 19.1 Å². The number of halogens is 4. The highest BCUT2D eigenvalue weighted by Crippen LogP contribution is 2.26. The molecule has 2 aromatic heterocycles. The van der Waals surface area contributed by atoms with Crippen LogP contribution in [0.1, 0.15) is 41.9 Å². The van der Waals surface area contributed by atoms with Crippen LogP contribution in [0.25, 0.3) is 17.1 Å². The number of nitrogens with zero attached hydrogens (tertiary/aromatic N) is 7. The minimum atomic E-state index is -4.93. The van der Waals surface area contributed by atoms with Gasteiger partial charge >= 0.3 is 11.9 Å². The molecule has 5 rings (SSSR count). The van der Waals surface area contributed by atoms with E-state index in [-0.39, 0.29) is 30.1 Å². The number of aliphatic hydroxyl groups excluding tert-OH is 1. The second kappa shape index (κ2) is 11.5. The topological polar surface area (TPSA) is 111 Å². The molecule has 1 N–H and O–H groups in total. The molecule has 41 heavy (non-hydrogen) atoms. The number of amides is 1. The number of carbonyl (C=O) groups excluding carboxylic acids is 1. The van der Waals surface area contributed by atoms with Crippen LogP contribution in [0.2, 0.25) is 5.02 Å². The smallest absolute Gasteiger partial charge is 0.382 e. The van der Waals surface area contributed by atoms with Crippen LogP contribution in [0.4, 0.5) is 13.2 Å². The van der Waals surface area contributed by atoms with E-state index >= 15 is 0 Å². The minimum Gasteiger partial charge on any atom is -0.382 e. The third kappa shape index (κ3) is 6.05. The number of para-hydroxylation sites is 1. The number of aliphatic hydroxyl groups is 1. The first-order chi connectivity index (χ1) is 19.5. The third-order valence-corrected chi connectivity index (χ3v) is 7.42. The zero-order chi connectivity index (χ0) is 29.3. The summed E-state index contributed by atoms with van der Waals surface area (Å²) >= 11 is 5.94. The predicted octanol–water partition coefficient (Wildman–Crippen LogP) is 3.93. The first-order valence-electron chi connectivity index (χ1n) is 13.0. The van der Waals surface area contributed by atoms with E-state index in [1.165, 1.54) is 35.3 Å². The predicted molar refractivity (Wildman–Crippen MR) is 144 cm³/mol. The Hall–Kier alpha value is -3.97. The lowest BCUT2D eigenvalue weighted by Gasteiger charge is -2.25. The third-order valence-electron chi connectivity index (χ3n) is 7.16. The zero-order valence-electron chi connectivity index (χ0n) is 22.0. The van der Waals surface area contributed by atoms with E-state index in [1.54, 1.807) is 36.2 Å². The molecule has 4 aromatic rings. The second-order valence-corrected chi connectivity index (χ2v) is 10.4. The molecule has 1 fully saturated rings. The summed E-state index contributed by atoms with van der Waals surface area (Å²) in [6, 6.07) is 13.2. The van der Waals surface area contributed by atoms with Crippen LogP contribution in [0.3, 0.4) is 0 Å². The number of benzene rings is 2.